The number of hydrogen-bond donors (Lipinski definition) is 2. The van der Waals surface area contributed by atoms with Crippen molar-refractivity contribution in [2.75, 3.05) is 5.75 Å². The van der Waals surface area contributed by atoms with Gasteiger partial charge in [-0.15, -0.1) is 16.8 Å². The number of carbonyl (C=O) groups is 1. The van der Waals surface area contributed by atoms with Gasteiger partial charge in [-0.05, 0) is 23.6 Å². The van der Waals surface area contributed by atoms with Crippen LogP contribution in [0.5, 0.6) is 5.75 Å². The number of amides is 1. The molecule has 0 aliphatic rings. The Kier molecular flexibility index (Phi) is 7.03. The number of nitrogens with one attached hydrogen (secondary N) is 1. The predicted molar refractivity (Wildman–Crippen MR) is 98.1 cm³/mol. The number of benzene rings is 1. The Labute approximate surface area is 151 Å². The van der Waals surface area contributed by atoms with Gasteiger partial charge < -0.3 is 4.74 Å². The molecule has 1 heterocycles. The Hall–Kier alpha value is -2.32. The van der Waals surface area contributed by atoms with Crippen LogP contribution in [0.15, 0.2) is 42.1 Å². The molecule has 0 bridgehead atoms. The molecular formula is C17H23N5O2S. The molecule has 3 N–H and O–H groups in total. The summed E-state index contributed by atoms with van der Waals surface area (Å²) in [4.78, 5) is 11.3. The molecule has 1 aromatic carbocycles. The average Bonchev–Trinajstić information content (AvgIpc) is 3.00. The highest BCUT2D eigenvalue weighted by Crippen LogP contribution is 2.21. The van der Waals surface area contributed by atoms with Gasteiger partial charge in [0, 0.05) is 6.54 Å². The van der Waals surface area contributed by atoms with E-state index in [2.05, 4.69) is 48.2 Å². The molecule has 1 amide bonds. The van der Waals surface area contributed by atoms with Gasteiger partial charge in [0.25, 0.3) is 0 Å². The Morgan fingerprint density at radius 2 is 2.12 bits per heavy atom. The first-order chi connectivity index (χ1) is 12.0. The standard InChI is InChI=1S/C17H23N5O2S/c1-4-9-22-15(20-21-17(22)25-11-16(23)19-18)10-24-14-7-5-13(6-8-14)12(2)3/h4-8,12H,1,9-11,18H2,2-3H3,(H,19,23). The summed E-state index contributed by atoms with van der Waals surface area (Å²) in [7, 11) is 0. The van der Waals surface area contributed by atoms with Crippen molar-refractivity contribution in [3.8, 4) is 5.75 Å². The second kappa shape index (κ2) is 9.24. The zero-order valence-corrected chi connectivity index (χ0v) is 15.3. The van der Waals surface area contributed by atoms with E-state index in [4.69, 9.17) is 10.6 Å². The molecule has 0 aliphatic heterocycles. The Balaban J connectivity index is 2.04. The monoisotopic (exact) mass is 361 g/mol. The molecule has 0 saturated carbocycles. The lowest BCUT2D eigenvalue weighted by Gasteiger charge is -2.10. The van der Waals surface area contributed by atoms with Crippen LogP contribution >= 0.6 is 11.8 Å². The lowest BCUT2D eigenvalue weighted by molar-refractivity contribution is -0.118. The quantitative estimate of drug-likeness (QED) is 0.234. The van der Waals surface area contributed by atoms with Gasteiger partial charge >= 0.3 is 0 Å². The maximum atomic E-state index is 11.3. The summed E-state index contributed by atoms with van der Waals surface area (Å²) in [5.74, 6) is 6.90. The van der Waals surface area contributed by atoms with Crippen molar-refractivity contribution in [2.24, 2.45) is 5.84 Å². The number of allylic oxidation sites excluding steroid dienone is 1. The molecule has 8 heteroatoms. The van der Waals surface area contributed by atoms with Crippen LogP contribution in [0.2, 0.25) is 0 Å². The van der Waals surface area contributed by atoms with Crippen LogP contribution in [-0.2, 0) is 17.9 Å². The number of hydrazine groups is 1. The van der Waals surface area contributed by atoms with Crippen molar-refractivity contribution in [3.63, 3.8) is 0 Å². The fourth-order valence-electron chi connectivity index (χ4n) is 2.11. The highest BCUT2D eigenvalue weighted by atomic mass is 32.2. The average molecular weight is 361 g/mol. The van der Waals surface area contributed by atoms with Crippen LogP contribution in [0.4, 0.5) is 0 Å². The molecule has 0 spiro atoms. The van der Waals surface area contributed by atoms with E-state index in [-0.39, 0.29) is 18.3 Å². The van der Waals surface area contributed by atoms with Gasteiger partial charge in [0.2, 0.25) is 5.91 Å². The van der Waals surface area contributed by atoms with Crippen molar-refractivity contribution in [2.45, 2.75) is 38.1 Å². The molecule has 0 radical (unpaired) electrons. The molecule has 0 saturated heterocycles. The first-order valence-corrected chi connectivity index (χ1v) is 8.91. The summed E-state index contributed by atoms with van der Waals surface area (Å²) in [5.41, 5.74) is 3.35. The molecule has 7 nitrogen and oxygen atoms in total. The largest absolute Gasteiger partial charge is 0.486 e. The zero-order chi connectivity index (χ0) is 18.2. The first kappa shape index (κ1) is 19.0. The van der Waals surface area contributed by atoms with E-state index < -0.39 is 0 Å². The summed E-state index contributed by atoms with van der Waals surface area (Å²) in [5, 5.41) is 8.90. The zero-order valence-electron chi connectivity index (χ0n) is 14.4. The van der Waals surface area contributed by atoms with Gasteiger partial charge in [0.1, 0.15) is 12.4 Å². The molecule has 25 heavy (non-hydrogen) atoms. The number of carbonyl (C=O) groups excluding carboxylic acids is 1. The Morgan fingerprint density at radius 3 is 2.72 bits per heavy atom. The molecular weight excluding hydrogens is 338 g/mol. The third kappa shape index (κ3) is 5.33. The fourth-order valence-corrected chi connectivity index (χ4v) is 2.89. The van der Waals surface area contributed by atoms with E-state index in [0.717, 1.165) is 5.75 Å². The Morgan fingerprint density at radius 1 is 1.40 bits per heavy atom. The van der Waals surface area contributed by atoms with Gasteiger partial charge in [-0.25, -0.2) is 5.84 Å². The molecule has 0 aliphatic carbocycles. The number of aromatic nitrogens is 3. The number of thioether (sulfide) groups is 1. The van der Waals surface area contributed by atoms with Crippen LogP contribution in [-0.4, -0.2) is 26.4 Å². The van der Waals surface area contributed by atoms with E-state index in [9.17, 15) is 4.79 Å². The maximum absolute atomic E-state index is 11.3. The second-order valence-electron chi connectivity index (χ2n) is 5.67. The summed E-state index contributed by atoms with van der Waals surface area (Å²) in [6.07, 6.45) is 1.75. The molecule has 2 aromatic rings. The second-order valence-corrected chi connectivity index (χ2v) is 6.61. The molecule has 0 unspecified atom stereocenters. The van der Waals surface area contributed by atoms with E-state index in [1.54, 1.807) is 6.08 Å². The highest BCUT2D eigenvalue weighted by Gasteiger charge is 2.13. The van der Waals surface area contributed by atoms with Crippen LogP contribution in [0.25, 0.3) is 0 Å². The SMILES string of the molecule is C=CCn1c(COc2ccc(C(C)C)cc2)nnc1SCC(=O)NN. The number of ether oxygens (including phenoxy) is 1. The number of nitrogens with two attached hydrogens (primary N) is 1. The molecule has 2 rings (SSSR count). The first-order valence-electron chi connectivity index (χ1n) is 7.93. The lowest BCUT2D eigenvalue weighted by atomic mass is 10.0. The topological polar surface area (TPSA) is 95.1 Å². The summed E-state index contributed by atoms with van der Waals surface area (Å²) in [6.45, 7) is 8.86. The predicted octanol–water partition coefficient (Wildman–Crippen LogP) is 2.25. The van der Waals surface area contributed by atoms with Crippen LogP contribution < -0.4 is 16.0 Å². The Bertz CT molecular complexity index is 712. The van der Waals surface area contributed by atoms with Gasteiger partial charge in [0.15, 0.2) is 11.0 Å². The van der Waals surface area contributed by atoms with Gasteiger partial charge in [-0.3, -0.25) is 14.8 Å². The van der Waals surface area contributed by atoms with Gasteiger partial charge in [-0.2, -0.15) is 0 Å². The number of rotatable bonds is 9. The van der Waals surface area contributed by atoms with Crippen LogP contribution in [0, 0.1) is 0 Å². The molecule has 1 aromatic heterocycles. The summed E-state index contributed by atoms with van der Waals surface area (Å²) < 4.78 is 7.67. The minimum atomic E-state index is -0.277. The van der Waals surface area contributed by atoms with Crippen molar-refractivity contribution in [1.29, 1.82) is 0 Å². The van der Waals surface area contributed by atoms with Gasteiger partial charge in [0.05, 0.1) is 5.75 Å². The number of nitrogens with zero attached hydrogens (tertiary/aromatic N) is 3. The van der Waals surface area contributed by atoms with E-state index in [0.29, 0.717) is 23.4 Å². The summed E-state index contributed by atoms with van der Waals surface area (Å²) >= 11 is 1.26. The summed E-state index contributed by atoms with van der Waals surface area (Å²) in [6, 6.07) is 8.01. The van der Waals surface area contributed by atoms with Crippen molar-refractivity contribution in [3.05, 3.63) is 48.3 Å². The van der Waals surface area contributed by atoms with Gasteiger partial charge in [-0.1, -0.05) is 43.8 Å². The van der Waals surface area contributed by atoms with Crippen LogP contribution in [0.1, 0.15) is 31.2 Å². The lowest BCUT2D eigenvalue weighted by Crippen LogP contribution is -2.31. The minimum absolute atomic E-state index is 0.170. The highest BCUT2D eigenvalue weighted by molar-refractivity contribution is 7.99. The van der Waals surface area contributed by atoms with Crippen molar-refractivity contribution in [1.82, 2.24) is 20.2 Å². The third-order valence-corrected chi connectivity index (χ3v) is 4.48. The molecule has 134 valence electrons. The van der Waals surface area contributed by atoms with E-state index in [1.807, 2.05) is 16.7 Å². The minimum Gasteiger partial charge on any atom is -0.486 e. The normalized spacial score (nSPS) is 10.7. The number of hydrogen-bond acceptors (Lipinski definition) is 6. The van der Waals surface area contributed by atoms with Crippen molar-refractivity contribution < 1.29 is 9.53 Å². The molecule has 0 atom stereocenters. The van der Waals surface area contributed by atoms with Crippen LogP contribution in [0.3, 0.4) is 0 Å². The van der Waals surface area contributed by atoms with Crippen molar-refractivity contribution >= 4 is 17.7 Å². The maximum Gasteiger partial charge on any atom is 0.244 e. The smallest absolute Gasteiger partial charge is 0.244 e. The van der Waals surface area contributed by atoms with E-state index >= 15 is 0 Å². The fraction of sp³-hybridized carbons (Fsp3) is 0.353. The molecule has 0 fully saturated rings. The third-order valence-electron chi connectivity index (χ3n) is 3.51. The van der Waals surface area contributed by atoms with E-state index in [1.165, 1.54) is 17.3 Å².